The SMILES string of the molecule is C.CCCC.CCCCC.CCCCCCCC.CCCCCCCCCC.CCCCCCCCCCCCCC.CCCCCCCCCCCCCCCCC.c1cc[o+]cc1.c1cocn1.c1nn[nH]n1. The molecule has 0 aliphatic heterocycles. The number of tetrazole rings is 1. The molecule has 0 aromatic carbocycles. The molecule has 0 aliphatic carbocycles. The summed E-state index contributed by atoms with van der Waals surface area (Å²) in [6, 6.07) is 5.57. The molecule has 7 nitrogen and oxygen atoms in total. The largest absolute Gasteiger partial charge is 0.452 e. The molecule has 0 unspecified atom stereocenters. The van der Waals surface area contributed by atoms with Crippen LogP contribution in [0.4, 0.5) is 0 Å². The van der Waals surface area contributed by atoms with Crippen molar-refractivity contribution in [2.75, 3.05) is 0 Å². The molecule has 3 rings (SSSR count). The lowest BCUT2D eigenvalue weighted by Gasteiger charge is -2.02. The summed E-state index contributed by atoms with van der Waals surface area (Å²) in [5.41, 5.74) is 0. The van der Waals surface area contributed by atoms with Crippen LogP contribution in [0.2, 0.25) is 0 Å². The summed E-state index contributed by atoms with van der Waals surface area (Å²) in [7, 11) is 0. The molecule has 0 bridgehead atoms. The molecule has 0 amide bonds. The number of unbranched alkanes of at least 4 members (excludes halogenated alkanes) is 40. The minimum Gasteiger partial charge on any atom is -0.452 e. The quantitative estimate of drug-likeness (QED) is 0.0451. The molecule has 0 saturated carbocycles. The van der Waals surface area contributed by atoms with Crippen molar-refractivity contribution in [1.29, 1.82) is 0 Å². The molecule has 7 heteroatoms. The van der Waals surface area contributed by atoms with Crippen LogP contribution in [0.25, 0.3) is 0 Å². The number of oxazole rings is 1. The first-order valence-electron chi connectivity index (χ1n) is 32.8. The molecule has 75 heavy (non-hydrogen) atoms. The Kier molecular flexibility index (Phi) is 115. The standard InChI is InChI=1S/C17H36.C14H30.C10H22.C8H18.C5H5O.C5H12.C4H10.C3H3NO.CH2N4.CH4/c1-3-5-7-9-11-13-15-17-16-14-12-10-8-6-4-2;1-3-5-7-9-11-13-14-12-10-8-6-4-2;1-3-5-7-9-10-8-6-4-2;1-3-5-7-8-6-4-2;1-2-4-6-5-3-1;1-3-5-4-2;1-3-4-2;1-2-5-3-4-1;1-2-4-5-3-1;/h3-17H2,1-2H3;3-14H2,1-2H3;3-10H2,1-2H3;3-8H2,1-2H3;1-5H;3-5H2,1-2H3;3-4H2,1-2H3;1-3H;1H,(H,2,3,4,5);1H4/q;;;;+1;;;;;. The van der Waals surface area contributed by atoms with E-state index in [0.29, 0.717) is 0 Å². The highest BCUT2D eigenvalue weighted by molar-refractivity contribution is 4.84. The summed E-state index contributed by atoms with van der Waals surface area (Å²) < 4.78 is 9.15. The predicted molar refractivity (Wildman–Crippen MR) is 341 cm³/mol. The molecule has 0 spiro atoms. The third-order valence-corrected chi connectivity index (χ3v) is 12.4. The first kappa shape index (κ1) is 86.3. The highest BCUT2D eigenvalue weighted by Gasteiger charge is 1.94. The van der Waals surface area contributed by atoms with Gasteiger partial charge in [-0.2, -0.15) is 5.21 Å². The zero-order valence-corrected chi connectivity index (χ0v) is 52.8. The fraction of sp³-hybridized carbons (Fsp3) is 0.868. The van der Waals surface area contributed by atoms with Gasteiger partial charge < -0.3 is 4.42 Å². The molecular weight excluding hydrogens is 919 g/mol. The second kappa shape index (κ2) is 100. The van der Waals surface area contributed by atoms with Crippen LogP contribution < -0.4 is 0 Å². The number of aromatic amines is 1. The van der Waals surface area contributed by atoms with Gasteiger partial charge in [0, 0.05) is 12.1 Å². The summed E-state index contributed by atoms with van der Waals surface area (Å²) in [5, 5.41) is 12.2. The lowest BCUT2D eigenvalue weighted by Crippen LogP contribution is -1.82. The topological polar surface area (TPSA) is 91.8 Å². The van der Waals surface area contributed by atoms with Crippen LogP contribution in [0.1, 0.15) is 386 Å². The number of nitrogens with one attached hydrogen (secondary N) is 1. The Morgan fingerprint density at radius 3 is 0.653 bits per heavy atom. The Labute approximate surface area is 474 Å². The van der Waals surface area contributed by atoms with Crippen molar-refractivity contribution in [2.45, 2.75) is 386 Å². The van der Waals surface area contributed by atoms with Gasteiger partial charge in [0.2, 0.25) is 0 Å². The van der Waals surface area contributed by atoms with Gasteiger partial charge >= 0.3 is 12.5 Å². The van der Waals surface area contributed by atoms with Crippen LogP contribution in [-0.4, -0.2) is 25.6 Å². The third-order valence-electron chi connectivity index (χ3n) is 12.4. The Morgan fingerprint density at radius 1 is 0.320 bits per heavy atom. The molecule has 0 fully saturated rings. The smallest absolute Gasteiger partial charge is 0.317 e. The first-order chi connectivity index (χ1) is 36.5. The van der Waals surface area contributed by atoms with Crippen LogP contribution in [0.5, 0.6) is 0 Å². The van der Waals surface area contributed by atoms with Gasteiger partial charge in [-0.25, -0.2) is 9.40 Å². The van der Waals surface area contributed by atoms with Gasteiger partial charge in [-0.05, 0) is 6.07 Å². The van der Waals surface area contributed by atoms with E-state index < -0.39 is 0 Å². The number of aromatic nitrogens is 5. The van der Waals surface area contributed by atoms with Crippen LogP contribution in [0.3, 0.4) is 0 Å². The summed E-state index contributed by atoms with van der Waals surface area (Å²) in [6.07, 6.45) is 75.1. The molecule has 3 aromatic heterocycles. The molecule has 1 N–H and O–H groups in total. The highest BCUT2D eigenvalue weighted by Crippen LogP contribution is 2.14. The van der Waals surface area contributed by atoms with Crippen molar-refractivity contribution in [3.05, 3.63) is 55.9 Å². The lowest BCUT2D eigenvalue weighted by atomic mass is 10.0. The zero-order chi connectivity index (χ0) is 55.8. The average Bonchev–Trinajstić information content (AvgIpc) is 4.24. The normalized spacial score (nSPS) is 9.55. The van der Waals surface area contributed by atoms with E-state index in [9.17, 15) is 0 Å². The Hall–Kier alpha value is -2.57. The summed E-state index contributed by atoms with van der Waals surface area (Å²) >= 11 is 0. The summed E-state index contributed by atoms with van der Waals surface area (Å²) in [5.74, 6) is 0. The van der Waals surface area contributed by atoms with E-state index in [1.54, 1.807) is 18.7 Å². The summed E-state index contributed by atoms with van der Waals surface area (Å²) in [6.45, 7) is 27.0. The predicted octanol–water partition coefficient (Wildman–Crippen LogP) is 26.2. The Balaban J connectivity index is -0.000000144. The van der Waals surface area contributed by atoms with Gasteiger partial charge in [0.05, 0.1) is 6.20 Å². The number of hydrogen-bond donors (Lipinski definition) is 1. The molecule has 450 valence electrons. The molecule has 3 heterocycles. The minimum absolute atomic E-state index is 0. The van der Waals surface area contributed by atoms with Crippen molar-refractivity contribution in [3.8, 4) is 0 Å². The minimum atomic E-state index is 0. The van der Waals surface area contributed by atoms with Crippen molar-refractivity contribution < 1.29 is 8.83 Å². The van der Waals surface area contributed by atoms with Crippen LogP contribution in [0.15, 0.2) is 64.7 Å². The van der Waals surface area contributed by atoms with E-state index in [0.717, 1.165) is 0 Å². The number of nitrogens with zero attached hydrogens (tertiary/aromatic N) is 4. The van der Waals surface area contributed by atoms with Crippen LogP contribution >= 0.6 is 0 Å². The van der Waals surface area contributed by atoms with Crippen LogP contribution in [-0.2, 0) is 0 Å². The van der Waals surface area contributed by atoms with Crippen molar-refractivity contribution in [3.63, 3.8) is 0 Å². The molecule has 0 atom stereocenters. The fourth-order valence-electron chi connectivity index (χ4n) is 7.37. The molecular formula is C68H142N5O2+. The third kappa shape index (κ3) is 121. The lowest BCUT2D eigenvalue weighted by molar-refractivity contribution is 0.534. The maximum absolute atomic E-state index is 4.68. The Bertz CT molecular complexity index is 971. The maximum atomic E-state index is 4.68. The van der Waals surface area contributed by atoms with E-state index in [1.807, 2.05) is 18.2 Å². The molecule has 0 radical (unpaired) electrons. The first-order valence-corrected chi connectivity index (χ1v) is 32.8. The van der Waals surface area contributed by atoms with Gasteiger partial charge in [0.15, 0.2) is 12.7 Å². The maximum Gasteiger partial charge on any atom is 0.317 e. The molecule has 0 saturated heterocycles. The van der Waals surface area contributed by atoms with Gasteiger partial charge in [-0.3, -0.25) is 0 Å². The second-order valence-corrected chi connectivity index (χ2v) is 20.2. The van der Waals surface area contributed by atoms with E-state index in [-0.39, 0.29) is 7.43 Å². The van der Waals surface area contributed by atoms with Gasteiger partial charge in [-0.15, -0.1) is 10.2 Å². The van der Waals surface area contributed by atoms with E-state index in [2.05, 4.69) is 118 Å². The van der Waals surface area contributed by atoms with Crippen LogP contribution in [0, 0.1) is 0 Å². The second-order valence-electron chi connectivity index (χ2n) is 20.2. The average molecular weight is 1060 g/mol. The number of H-pyrrole nitrogens is 1. The number of rotatable bonds is 40. The van der Waals surface area contributed by atoms with Crippen molar-refractivity contribution in [2.24, 2.45) is 0 Å². The van der Waals surface area contributed by atoms with Gasteiger partial charge in [-0.1, -0.05) is 391 Å². The highest BCUT2D eigenvalue weighted by atomic mass is 16.3. The van der Waals surface area contributed by atoms with Gasteiger partial charge in [0.25, 0.3) is 0 Å². The molecule has 0 aliphatic rings. The van der Waals surface area contributed by atoms with E-state index in [1.165, 1.54) is 314 Å². The zero-order valence-electron chi connectivity index (χ0n) is 52.8. The van der Waals surface area contributed by atoms with Gasteiger partial charge in [0.1, 0.15) is 6.26 Å². The Morgan fingerprint density at radius 2 is 0.573 bits per heavy atom. The van der Waals surface area contributed by atoms with Crippen molar-refractivity contribution >= 4 is 0 Å². The number of hydrogen-bond acceptors (Lipinski definition) is 5. The van der Waals surface area contributed by atoms with Crippen molar-refractivity contribution in [1.82, 2.24) is 25.6 Å². The molecule has 3 aromatic rings. The monoisotopic (exact) mass is 1060 g/mol. The fourth-order valence-corrected chi connectivity index (χ4v) is 7.37. The van der Waals surface area contributed by atoms with E-state index in [4.69, 9.17) is 0 Å². The summed E-state index contributed by atoms with van der Waals surface area (Å²) in [4.78, 5) is 3.56. The van der Waals surface area contributed by atoms with E-state index >= 15 is 0 Å².